The Labute approximate surface area is 252 Å². The molecule has 0 saturated carbocycles. The van der Waals surface area contributed by atoms with Gasteiger partial charge < -0.3 is 20.1 Å². The molecule has 3 N–H and O–H groups in total. The average Bonchev–Trinajstić information content (AvgIpc) is 3.02. The van der Waals surface area contributed by atoms with Crippen LogP contribution in [0.5, 0.6) is 11.6 Å². The predicted molar refractivity (Wildman–Crippen MR) is 152 cm³/mol. The van der Waals surface area contributed by atoms with E-state index in [0.29, 0.717) is 35.4 Å². The summed E-state index contributed by atoms with van der Waals surface area (Å²) in [5.41, 5.74) is -0.811. The van der Waals surface area contributed by atoms with Gasteiger partial charge in [0.2, 0.25) is 17.6 Å². The van der Waals surface area contributed by atoms with Crippen molar-refractivity contribution >= 4 is 23.6 Å². The molecule has 1 aliphatic heterocycles. The molecule has 1 fully saturated rings. The molecule has 0 spiro atoms. The molecule has 1 saturated heterocycles. The minimum absolute atomic E-state index is 0.00524. The summed E-state index contributed by atoms with van der Waals surface area (Å²) >= 11 is 0.732. The first kappa shape index (κ1) is 32.7. The summed E-state index contributed by atoms with van der Waals surface area (Å²) in [6, 6.07) is 7.33. The molecule has 0 bridgehead atoms. The van der Waals surface area contributed by atoms with Crippen LogP contribution in [-0.2, 0) is 11.9 Å². The van der Waals surface area contributed by atoms with E-state index >= 15 is 0 Å². The summed E-state index contributed by atoms with van der Waals surface area (Å²) in [6.45, 7) is 1.57. The number of piperidine rings is 1. The highest BCUT2D eigenvalue weighted by Crippen LogP contribution is 2.36. The Bertz CT molecular complexity index is 1540. The SMILES string of the molecule is CNc1nccc(-c2cccnc2Oc2cc(F)c(NSCc3ccc(C(F)(F)F)nc3)c(F)c2F)n1.FC1CCCNC1. The number of anilines is 2. The summed E-state index contributed by atoms with van der Waals surface area (Å²) in [7, 11) is 1.62. The Morgan fingerprint density at radius 3 is 2.50 bits per heavy atom. The van der Waals surface area contributed by atoms with Gasteiger partial charge in [0.25, 0.3) is 0 Å². The minimum atomic E-state index is -4.59. The number of nitrogens with zero attached hydrogens (tertiary/aromatic N) is 4. The second kappa shape index (κ2) is 15.0. The largest absolute Gasteiger partial charge is 0.435 e. The molecule has 5 rings (SSSR count). The summed E-state index contributed by atoms with van der Waals surface area (Å²) in [6.07, 6.45) is 0.416. The van der Waals surface area contributed by atoms with Crippen molar-refractivity contribution in [3.8, 4) is 22.9 Å². The lowest BCUT2D eigenvalue weighted by molar-refractivity contribution is -0.141. The predicted octanol–water partition coefficient (Wildman–Crippen LogP) is 7.17. The third-order valence-electron chi connectivity index (χ3n) is 6.02. The van der Waals surface area contributed by atoms with Crippen molar-refractivity contribution < 1.29 is 35.5 Å². The van der Waals surface area contributed by atoms with Crippen LogP contribution < -0.4 is 20.1 Å². The first-order valence-corrected chi connectivity index (χ1v) is 14.1. The highest BCUT2D eigenvalue weighted by Gasteiger charge is 2.32. The molecule has 0 radical (unpaired) electrons. The van der Waals surface area contributed by atoms with E-state index in [9.17, 15) is 30.7 Å². The fraction of sp³-hybridized carbons (Fsp3) is 0.286. The smallest absolute Gasteiger partial charge is 0.433 e. The third-order valence-corrected chi connectivity index (χ3v) is 6.85. The van der Waals surface area contributed by atoms with Crippen LogP contribution in [0.3, 0.4) is 0 Å². The van der Waals surface area contributed by atoms with Crippen LogP contribution in [0.4, 0.5) is 42.4 Å². The molecule has 4 aromatic rings. The van der Waals surface area contributed by atoms with E-state index in [0.717, 1.165) is 43.6 Å². The third kappa shape index (κ3) is 8.69. The maximum absolute atomic E-state index is 14.8. The molecule has 1 aliphatic rings. The van der Waals surface area contributed by atoms with Crippen LogP contribution in [0, 0.1) is 17.5 Å². The molecule has 44 heavy (non-hydrogen) atoms. The summed E-state index contributed by atoms with van der Waals surface area (Å²) in [5.74, 6) is -4.79. The zero-order chi connectivity index (χ0) is 31.7. The van der Waals surface area contributed by atoms with Crippen LogP contribution >= 0.6 is 11.9 Å². The molecular formula is C28H26F7N7OS. The van der Waals surface area contributed by atoms with Gasteiger partial charge in [-0.05, 0) is 61.2 Å². The van der Waals surface area contributed by atoms with Crippen LogP contribution in [-0.4, -0.2) is 46.2 Å². The number of rotatable bonds is 8. The van der Waals surface area contributed by atoms with Gasteiger partial charge in [0.05, 0.1) is 11.3 Å². The highest BCUT2D eigenvalue weighted by molar-refractivity contribution is 7.99. The monoisotopic (exact) mass is 641 g/mol. The van der Waals surface area contributed by atoms with Crippen molar-refractivity contribution in [3.05, 3.63) is 83.7 Å². The zero-order valence-corrected chi connectivity index (χ0v) is 23.9. The number of benzene rings is 1. The molecule has 1 aromatic carbocycles. The number of halogens is 7. The lowest BCUT2D eigenvalue weighted by atomic mass is 10.1. The second-order valence-electron chi connectivity index (χ2n) is 9.22. The maximum atomic E-state index is 14.8. The van der Waals surface area contributed by atoms with Gasteiger partial charge in [0, 0.05) is 44.0 Å². The van der Waals surface area contributed by atoms with Gasteiger partial charge >= 0.3 is 6.18 Å². The molecule has 0 amide bonds. The lowest BCUT2D eigenvalue weighted by Crippen LogP contribution is -2.30. The van der Waals surface area contributed by atoms with E-state index in [1.54, 1.807) is 25.2 Å². The van der Waals surface area contributed by atoms with Gasteiger partial charge in [-0.3, -0.25) is 4.98 Å². The van der Waals surface area contributed by atoms with E-state index in [1.165, 1.54) is 18.5 Å². The molecule has 1 atom stereocenters. The van der Waals surface area contributed by atoms with Crippen LogP contribution in [0.1, 0.15) is 24.1 Å². The van der Waals surface area contributed by atoms with Crippen LogP contribution in [0.15, 0.2) is 55.0 Å². The van der Waals surface area contributed by atoms with Gasteiger partial charge in [0.1, 0.15) is 17.6 Å². The molecule has 0 aliphatic carbocycles. The summed E-state index contributed by atoms with van der Waals surface area (Å²) in [4.78, 5) is 15.6. The summed E-state index contributed by atoms with van der Waals surface area (Å²) in [5, 5.41) is 5.73. The van der Waals surface area contributed by atoms with Gasteiger partial charge in [-0.25, -0.2) is 28.1 Å². The quantitative estimate of drug-likeness (QED) is 0.105. The number of ether oxygens (including phenoxy) is 1. The fourth-order valence-electron chi connectivity index (χ4n) is 3.82. The Kier molecular flexibility index (Phi) is 11.2. The molecule has 1 unspecified atom stereocenters. The number of hydrogen-bond donors (Lipinski definition) is 3. The van der Waals surface area contributed by atoms with Gasteiger partial charge in [-0.2, -0.15) is 17.6 Å². The van der Waals surface area contributed by atoms with Crippen LogP contribution in [0.2, 0.25) is 0 Å². The van der Waals surface area contributed by atoms with Crippen molar-refractivity contribution in [2.24, 2.45) is 0 Å². The van der Waals surface area contributed by atoms with E-state index in [-0.39, 0.29) is 11.6 Å². The van der Waals surface area contributed by atoms with Crippen molar-refractivity contribution in [2.75, 3.05) is 30.2 Å². The molecule has 4 heterocycles. The molecule has 234 valence electrons. The first-order valence-electron chi connectivity index (χ1n) is 13.1. The zero-order valence-electron chi connectivity index (χ0n) is 23.1. The normalized spacial score (nSPS) is 14.8. The van der Waals surface area contributed by atoms with E-state index in [4.69, 9.17) is 4.74 Å². The molecule has 8 nitrogen and oxygen atoms in total. The highest BCUT2D eigenvalue weighted by atomic mass is 32.2. The van der Waals surface area contributed by atoms with Gasteiger partial charge in [-0.1, -0.05) is 6.07 Å². The van der Waals surface area contributed by atoms with Crippen molar-refractivity contribution in [1.82, 2.24) is 25.3 Å². The molecule has 16 heteroatoms. The van der Waals surface area contributed by atoms with E-state index in [1.807, 2.05) is 0 Å². The number of nitrogens with one attached hydrogen (secondary N) is 3. The fourth-order valence-corrected chi connectivity index (χ4v) is 4.56. The minimum Gasteiger partial charge on any atom is -0.435 e. The first-order chi connectivity index (χ1) is 21.1. The Morgan fingerprint density at radius 1 is 1.05 bits per heavy atom. The molecule has 3 aromatic heterocycles. The average molecular weight is 642 g/mol. The van der Waals surface area contributed by atoms with E-state index < -0.39 is 46.9 Å². The van der Waals surface area contributed by atoms with Crippen molar-refractivity contribution in [2.45, 2.75) is 30.9 Å². The Hall–Kier alpha value is -4.18. The topological polar surface area (TPSA) is 96.9 Å². The van der Waals surface area contributed by atoms with E-state index in [2.05, 4.69) is 35.3 Å². The number of pyridine rings is 2. The second-order valence-corrected chi connectivity index (χ2v) is 10.00. The number of alkyl halides is 4. The Balaban J connectivity index is 0.000000555. The number of aromatic nitrogens is 4. The Morgan fingerprint density at radius 2 is 1.86 bits per heavy atom. The van der Waals surface area contributed by atoms with Crippen LogP contribution in [0.25, 0.3) is 11.3 Å². The maximum Gasteiger partial charge on any atom is 0.433 e. The number of hydrogen-bond acceptors (Lipinski definition) is 9. The molecular weight excluding hydrogens is 615 g/mol. The lowest BCUT2D eigenvalue weighted by Gasteiger charge is -2.14. The standard InChI is InChI=1S/C23H16F6N6OS.C5H10FN/c1-30-22-32-8-6-15(34-22)13-3-2-7-31-21(13)36-16-9-14(24)20(19(26)18(16)25)35-37-11-12-4-5-17(33-10-12)23(27,28)29;6-5-2-1-3-7-4-5/h2-10,35H,11H2,1H3,(H,30,32,34);5,7H,1-4H2. The van der Waals surface area contributed by atoms with Crippen molar-refractivity contribution in [1.29, 1.82) is 0 Å². The van der Waals surface area contributed by atoms with Gasteiger partial charge in [-0.15, -0.1) is 0 Å². The van der Waals surface area contributed by atoms with Gasteiger partial charge in [0.15, 0.2) is 17.4 Å². The van der Waals surface area contributed by atoms with Crippen molar-refractivity contribution in [3.63, 3.8) is 0 Å². The summed E-state index contributed by atoms with van der Waals surface area (Å²) < 4.78 is 102.